The molecule has 2 saturated heterocycles. The van der Waals surface area contributed by atoms with Gasteiger partial charge in [0, 0.05) is 5.54 Å². The van der Waals surface area contributed by atoms with Crippen LogP contribution in [-0.4, -0.2) is 29.7 Å². The largest absolute Gasteiger partial charge is 0.373 e. The van der Waals surface area contributed by atoms with E-state index < -0.39 is 0 Å². The number of rotatable bonds is 2. The Morgan fingerprint density at radius 3 is 2.68 bits per heavy atom. The molecular formula is C14H25ClN2O2. The van der Waals surface area contributed by atoms with Crippen molar-refractivity contribution >= 4 is 18.3 Å². The van der Waals surface area contributed by atoms with Crippen LogP contribution in [0.4, 0.5) is 0 Å². The van der Waals surface area contributed by atoms with Crippen molar-refractivity contribution in [1.29, 1.82) is 0 Å². The van der Waals surface area contributed by atoms with Crippen molar-refractivity contribution in [1.82, 2.24) is 5.32 Å². The number of fused-ring (bicyclic) bond motifs is 2. The zero-order valence-corrected chi connectivity index (χ0v) is 12.4. The van der Waals surface area contributed by atoms with Gasteiger partial charge in [-0.3, -0.25) is 4.79 Å². The Hall–Kier alpha value is -0.320. The molecule has 3 aliphatic rings. The van der Waals surface area contributed by atoms with Gasteiger partial charge in [-0.1, -0.05) is 12.8 Å². The van der Waals surface area contributed by atoms with Gasteiger partial charge in [-0.2, -0.15) is 0 Å². The van der Waals surface area contributed by atoms with Crippen molar-refractivity contribution in [3.05, 3.63) is 0 Å². The lowest BCUT2D eigenvalue weighted by Gasteiger charge is -2.38. The molecule has 110 valence electrons. The maximum absolute atomic E-state index is 12.4. The van der Waals surface area contributed by atoms with Crippen LogP contribution in [0.15, 0.2) is 0 Å². The van der Waals surface area contributed by atoms with Crippen molar-refractivity contribution in [2.45, 2.75) is 75.7 Å². The molecule has 19 heavy (non-hydrogen) atoms. The van der Waals surface area contributed by atoms with E-state index >= 15 is 0 Å². The molecule has 1 amide bonds. The first-order chi connectivity index (χ1) is 8.56. The summed E-state index contributed by atoms with van der Waals surface area (Å²) in [6, 6.07) is 0.231. The summed E-state index contributed by atoms with van der Waals surface area (Å²) in [5.41, 5.74) is 5.95. The molecule has 0 aromatic rings. The van der Waals surface area contributed by atoms with Gasteiger partial charge < -0.3 is 15.8 Å². The molecule has 0 spiro atoms. The lowest BCUT2D eigenvalue weighted by atomic mass is 9.74. The Morgan fingerprint density at radius 1 is 1.32 bits per heavy atom. The molecule has 2 heterocycles. The zero-order chi connectivity index (χ0) is 12.8. The summed E-state index contributed by atoms with van der Waals surface area (Å²) >= 11 is 0. The number of amides is 1. The van der Waals surface area contributed by atoms with E-state index in [9.17, 15) is 4.79 Å². The number of carbonyl (C=O) groups is 1. The molecule has 3 N–H and O–H groups in total. The van der Waals surface area contributed by atoms with Crippen molar-refractivity contribution in [3.8, 4) is 0 Å². The van der Waals surface area contributed by atoms with Crippen LogP contribution in [0, 0.1) is 5.92 Å². The van der Waals surface area contributed by atoms with Crippen molar-refractivity contribution in [2.24, 2.45) is 11.7 Å². The minimum atomic E-state index is -0.333. The number of hydrogen-bond donors (Lipinski definition) is 2. The Balaban J connectivity index is 0.00000133. The van der Waals surface area contributed by atoms with Crippen LogP contribution in [0.25, 0.3) is 0 Å². The Morgan fingerprint density at radius 2 is 2.11 bits per heavy atom. The van der Waals surface area contributed by atoms with E-state index in [1.165, 1.54) is 0 Å². The average molecular weight is 289 g/mol. The average Bonchev–Trinajstić information content (AvgIpc) is 2.90. The second kappa shape index (κ2) is 5.58. The van der Waals surface area contributed by atoms with E-state index in [1.54, 1.807) is 0 Å². The van der Waals surface area contributed by atoms with Crippen LogP contribution >= 0.6 is 12.4 Å². The first kappa shape index (κ1) is 15.1. The summed E-state index contributed by atoms with van der Waals surface area (Å²) < 4.78 is 5.78. The van der Waals surface area contributed by atoms with Crippen LogP contribution in [0.1, 0.15) is 51.9 Å². The molecule has 2 aliphatic heterocycles. The predicted molar refractivity (Wildman–Crippen MR) is 76.2 cm³/mol. The zero-order valence-electron chi connectivity index (χ0n) is 11.6. The van der Waals surface area contributed by atoms with Crippen LogP contribution in [0.2, 0.25) is 0 Å². The molecule has 0 aromatic heterocycles. The van der Waals surface area contributed by atoms with E-state index in [4.69, 9.17) is 10.5 Å². The van der Waals surface area contributed by atoms with Gasteiger partial charge in [-0.05, 0) is 39.0 Å². The molecule has 1 aliphatic carbocycles. The summed E-state index contributed by atoms with van der Waals surface area (Å²) in [5, 5.41) is 3.19. The SMILES string of the molecule is CC1(N)CCCCC1C(=O)NC1CC2CCC1O2.Cl. The fourth-order valence-corrected chi connectivity index (χ4v) is 3.86. The molecule has 5 heteroatoms. The van der Waals surface area contributed by atoms with Crippen LogP contribution < -0.4 is 11.1 Å². The van der Waals surface area contributed by atoms with Gasteiger partial charge in [0.15, 0.2) is 0 Å². The lowest BCUT2D eigenvalue weighted by molar-refractivity contribution is -0.129. The van der Waals surface area contributed by atoms with Gasteiger partial charge >= 0.3 is 0 Å². The smallest absolute Gasteiger partial charge is 0.225 e. The van der Waals surface area contributed by atoms with Crippen LogP contribution in [-0.2, 0) is 9.53 Å². The Kier molecular flexibility index (Phi) is 4.43. The highest BCUT2D eigenvalue weighted by molar-refractivity contribution is 5.85. The molecule has 2 bridgehead atoms. The van der Waals surface area contributed by atoms with Gasteiger partial charge in [-0.15, -0.1) is 12.4 Å². The van der Waals surface area contributed by atoms with Crippen molar-refractivity contribution < 1.29 is 9.53 Å². The second-order valence-electron chi connectivity index (χ2n) is 6.53. The van der Waals surface area contributed by atoms with Gasteiger partial charge in [0.25, 0.3) is 0 Å². The Labute approximate surface area is 121 Å². The monoisotopic (exact) mass is 288 g/mol. The summed E-state index contributed by atoms with van der Waals surface area (Å²) in [7, 11) is 0. The first-order valence-corrected chi connectivity index (χ1v) is 7.31. The molecule has 5 unspecified atom stereocenters. The van der Waals surface area contributed by atoms with Gasteiger partial charge in [0.1, 0.15) is 0 Å². The normalized spacial score (nSPS) is 44.7. The number of ether oxygens (including phenoxy) is 1. The third-order valence-corrected chi connectivity index (χ3v) is 5.00. The van der Waals surface area contributed by atoms with E-state index in [0.29, 0.717) is 6.10 Å². The highest BCUT2D eigenvalue weighted by Crippen LogP contribution is 2.36. The summed E-state index contributed by atoms with van der Waals surface area (Å²) in [4.78, 5) is 12.4. The fraction of sp³-hybridized carbons (Fsp3) is 0.929. The minimum absolute atomic E-state index is 0. The molecule has 0 radical (unpaired) electrons. The van der Waals surface area contributed by atoms with E-state index in [0.717, 1.165) is 44.9 Å². The lowest BCUT2D eigenvalue weighted by Crippen LogP contribution is -2.55. The third kappa shape index (κ3) is 2.91. The second-order valence-corrected chi connectivity index (χ2v) is 6.53. The molecule has 0 aromatic carbocycles. The number of carbonyl (C=O) groups excluding carboxylic acids is 1. The predicted octanol–water partition coefficient (Wildman–Crippen LogP) is 1.75. The molecule has 4 nitrogen and oxygen atoms in total. The van der Waals surface area contributed by atoms with E-state index in [1.807, 2.05) is 6.92 Å². The summed E-state index contributed by atoms with van der Waals surface area (Å²) in [6.07, 6.45) is 8.05. The molecule has 3 rings (SSSR count). The van der Waals surface area contributed by atoms with Crippen molar-refractivity contribution in [3.63, 3.8) is 0 Å². The Bertz CT molecular complexity index is 348. The molecule has 5 atom stereocenters. The summed E-state index contributed by atoms with van der Waals surface area (Å²) in [5.74, 6) is 0.131. The highest BCUT2D eigenvalue weighted by atomic mass is 35.5. The standard InChI is InChI=1S/C14H24N2O2.ClH/c1-14(15)7-3-2-4-10(14)13(17)16-11-8-9-5-6-12(11)18-9;/h9-12H,2-8,15H2,1H3,(H,16,17);1H. The molecular weight excluding hydrogens is 264 g/mol. The van der Waals surface area contributed by atoms with Crippen LogP contribution in [0.5, 0.6) is 0 Å². The van der Waals surface area contributed by atoms with Gasteiger partial charge in [0.05, 0.1) is 24.2 Å². The number of halogens is 1. The maximum atomic E-state index is 12.4. The van der Waals surface area contributed by atoms with Gasteiger partial charge in [0.2, 0.25) is 5.91 Å². The molecule has 1 saturated carbocycles. The highest BCUT2D eigenvalue weighted by Gasteiger charge is 2.44. The summed E-state index contributed by atoms with van der Waals surface area (Å²) in [6.45, 7) is 2.02. The van der Waals surface area contributed by atoms with E-state index in [-0.39, 0.29) is 41.9 Å². The fourth-order valence-electron chi connectivity index (χ4n) is 3.86. The number of nitrogens with one attached hydrogen (secondary N) is 1. The third-order valence-electron chi connectivity index (χ3n) is 5.00. The van der Waals surface area contributed by atoms with Crippen LogP contribution in [0.3, 0.4) is 0 Å². The number of nitrogens with two attached hydrogens (primary N) is 1. The minimum Gasteiger partial charge on any atom is -0.373 e. The van der Waals surface area contributed by atoms with Crippen molar-refractivity contribution in [2.75, 3.05) is 0 Å². The van der Waals surface area contributed by atoms with E-state index in [2.05, 4.69) is 5.32 Å². The van der Waals surface area contributed by atoms with Gasteiger partial charge in [-0.25, -0.2) is 0 Å². The first-order valence-electron chi connectivity index (χ1n) is 7.31. The number of hydrogen-bond acceptors (Lipinski definition) is 3. The maximum Gasteiger partial charge on any atom is 0.225 e. The quantitative estimate of drug-likeness (QED) is 0.814. The molecule has 3 fully saturated rings. The topological polar surface area (TPSA) is 64.4 Å².